The molecule has 0 spiro atoms. The number of hydrogen-bond donors (Lipinski definition) is 1. The summed E-state index contributed by atoms with van der Waals surface area (Å²) in [5.41, 5.74) is 2.76. The third kappa shape index (κ3) is 6.53. The van der Waals surface area contributed by atoms with Crippen LogP contribution in [0.4, 0.5) is 0 Å². The van der Waals surface area contributed by atoms with Crippen molar-refractivity contribution in [2.45, 2.75) is 116 Å². The van der Waals surface area contributed by atoms with E-state index in [1.54, 1.807) is 0 Å². The highest BCUT2D eigenvalue weighted by Gasteiger charge is 2.39. The Morgan fingerprint density at radius 2 is 1.52 bits per heavy atom. The summed E-state index contributed by atoms with van der Waals surface area (Å²) in [4.78, 5) is 4.90. The molecule has 176 valence electrons. The smallest absolute Gasteiger partial charge is 0.192 e. The average Bonchev–Trinajstić information content (AvgIpc) is 3.27. The molecule has 2 heterocycles. The minimum atomic E-state index is -1.77. The van der Waals surface area contributed by atoms with E-state index in [1.165, 1.54) is 0 Å². The third-order valence-corrected chi connectivity index (χ3v) is 16.8. The van der Waals surface area contributed by atoms with Crippen molar-refractivity contribution in [2.75, 3.05) is 13.2 Å². The van der Waals surface area contributed by atoms with Crippen molar-refractivity contribution in [1.82, 2.24) is 5.32 Å². The quantitative estimate of drug-likeness (QED) is 0.362. The fraction of sp³-hybridized carbons (Fsp3) is 0.833. The first-order valence-electron chi connectivity index (χ1n) is 11.8. The van der Waals surface area contributed by atoms with Gasteiger partial charge in [-0.3, -0.25) is 4.99 Å². The lowest BCUT2D eigenvalue weighted by molar-refractivity contribution is 0.255. The first-order valence-corrected chi connectivity index (χ1v) is 17.6. The average molecular weight is 464 g/mol. The zero-order chi connectivity index (χ0) is 23.7. The highest BCUT2D eigenvalue weighted by molar-refractivity contribution is 6.74. The van der Waals surface area contributed by atoms with Crippen molar-refractivity contribution in [3.8, 4) is 6.07 Å². The van der Waals surface area contributed by atoms with Crippen molar-refractivity contribution in [1.29, 1.82) is 5.26 Å². The molecule has 7 heteroatoms. The summed E-state index contributed by atoms with van der Waals surface area (Å²) in [7, 11) is -3.53. The van der Waals surface area contributed by atoms with Crippen molar-refractivity contribution >= 4 is 22.3 Å². The summed E-state index contributed by atoms with van der Waals surface area (Å²) in [6.45, 7) is 24.1. The van der Waals surface area contributed by atoms with E-state index in [1.807, 2.05) is 0 Å². The number of allylic oxidation sites excluding steroid dienone is 2. The Kier molecular flexibility index (Phi) is 8.06. The Balaban J connectivity index is 1.99. The highest BCUT2D eigenvalue weighted by atomic mass is 28.4. The molecule has 2 atom stereocenters. The minimum absolute atomic E-state index is 0.173. The fourth-order valence-electron chi connectivity index (χ4n) is 3.35. The summed E-state index contributed by atoms with van der Waals surface area (Å²) < 4.78 is 12.8. The van der Waals surface area contributed by atoms with Crippen LogP contribution in [0, 0.1) is 11.3 Å². The molecule has 0 bridgehead atoms. The van der Waals surface area contributed by atoms with Crippen LogP contribution in [0.1, 0.15) is 67.2 Å². The predicted molar refractivity (Wildman–Crippen MR) is 136 cm³/mol. The van der Waals surface area contributed by atoms with Gasteiger partial charge in [-0.1, -0.05) is 41.5 Å². The lowest BCUT2D eigenvalue weighted by atomic mass is 10.1. The number of hydrogen-bond acceptors (Lipinski definition) is 5. The van der Waals surface area contributed by atoms with Gasteiger partial charge in [-0.05, 0) is 61.9 Å². The molecule has 1 fully saturated rings. The fourth-order valence-corrected chi connectivity index (χ4v) is 5.44. The summed E-state index contributed by atoms with van der Waals surface area (Å²) in [5, 5.41) is 13.9. The second-order valence-corrected chi connectivity index (χ2v) is 21.9. The number of rotatable bonds is 7. The largest absolute Gasteiger partial charge is 0.415 e. The Hall–Kier alpha value is -0.946. The van der Waals surface area contributed by atoms with Crippen LogP contribution in [0.2, 0.25) is 36.3 Å². The summed E-state index contributed by atoms with van der Waals surface area (Å²) in [6, 6.07) is 2.90. The maximum absolute atomic E-state index is 9.87. The van der Waals surface area contributed by atoms with Crippen LogP contribution >= 0.6 is 0 Å². The molecule has 0 radical (unpaired) electrons. The van der Waals surface area contributed by atoms with Gasteiger partial charge in [-0.15, -0.1) is 0 Å². The molecule has 0 aromatic rings. The van der Waals surface area contributed by atoms with Crippen LogP contribution < -0.4 is 5.32 Å². The molecule has 2 aliphatic heterocycles. The van der Waals surface area contributed by atoms with Gasteiger partial charge >= 0.3 is 0 Å². The molecule has 0 aromatic carbocycles. The van der Waals surface area contributed by atoms with Crippen LogP contribution in [0.5, 0.6) is 0 Å². The molecular weight excluding hydrogens is 418 g/mol. The molecular formula is C24H45N3O2Si2. The maximum atomic E-state index is 9.87. The van der Waals surface area contributed by atoms with Gasteiger partial charge in [0, 0.05) is 11.7 Å². The normalized spacial score (nSPS) is 24.6. The molecule has 0 saturated carbocycles. The topological polar surface area (TPSA) is 66.6 Å². The SMILES string of the molecule is CC(C)(C)[Si](C)(C)OCC1CCC(/C(C#N)=C2/CCC(CO[Si](C)(C)C(C)(C)C)N2)=N1. The Bertz CT molecular complexity index is 752. The first-order chi connectivity index (χ1) is 14.1. The molecule has 1 saturated heterocycles. The molecule has 31 heavy (non-hydrogen) atoms. The number of nitrogens with zero attached hydrogens (tertiary/aromatic N) is 2. The monoisotopic (exact) mass is 463 g/mol. The Labute approximate surface area is 193 Å². The Morgan fingerprint density at radius 1 is 0.968 bits per heavy atom. The van der Waals surface area contributed by atoms with Crippen LogP contribution in [0.15, 0.2) is 16.3 Å². The van der Waals surface area contributed by atoms with E-state index in [2.05, 4.69) is 79.1 Å². The van der Waals surface area contributed by atoms with Crippen LogP contribution in [0.25, 0.3) is 0 Å². The molecule has 0 aliphatic carbocycles. The Morgan fingerprint density at radius 3 is 2.03 bits per heavy atom. The maximum Gasteiger partial charge on any atom is 0.192 e. The molecule has 0 aromatic heterocycles. The summed E-state index contributed by atoms with van der Waals surface area (Å²) in [5.74, 6) is 0. The molecule has 2 aliphatic rings. The predicted octanol–water partition coefficient (Wildman–Crippen LogP) is 6.16. The van der Waals surface area contributed by atoms with E-state index >= 15 is 0 Å². The number of nitrogens with one attached hydrogen (secondary N) is 1. The van der Waals surface area contributed by atoms with Crippen molar-refractivity contribution in [3.05, 3.63) is 11.3 Å². The minimum Gasteiger partial charge on any atom is -0.415 e. The van der Waals surface area contributed by atoms with Gasteiger partial charge in [-0.25, -0.2) is 0 Å². The first kappa shape index (κ1) is 26.3. The second-order valence-electron chi connectivity index (χ2n) is 12.3. The highest BCUT2D eigenvalue weighted by Crippen LogP contribution is 2.38. The van der Waals surface area contributed by atoms with Crippen LogP contribution in [-0.2, 0) is 8.85 Å². The van der Waals surface area contributed by atoms with Crippen LogP contribution in [0.3, 0.4) is 0 Å². The zero-order valence-electron chi connectivity index (χ0n) is 21.6. The van der Waals surface area contributed by atoms with E-state index in [9.17, 15) is 5.26 Å². The van der Waals surface area contributed by atoms with Gasteiger partial charge in [0.15, 0.2) is 16.6 Å². The van der Waals surface area contributed by atoms with E-state index in [0.717, 1.165) is 42.7 Å². The van der Waals surface area contributed by atoms with E-state index in [4.69, 9.17) is 13.8 Å². The number of nitriles is 1. The molecule has 2 rings (SSSR count). The summed E-state index contributed by atoms with van der Waals surface area (Å²) >= 11 is 0. The van der Waals surface area contributed by atoms with E-state index in [-0.39, 0.29) is 22.2 Å². The van der Waals surface area contributed by atoms with Gasteiger partial charge in [0.2, 0.25) is 0 Å². The number of aliphatic imine (C=N–C) groups is 1. The zero-order valence-corrected chi connectivity index (χ0v) is 23.6. The van der Waals surface area contributed by atoms with Gasteiger partial charge in [0.1, 0.15) is 6.07 Å². The van der Waals surface area contributed by atoms with E-state index < -0.39 is 16.6 Å². The lowest BCUT2D eigenvalue weighted by Crippen LogP contribution is -2.43. The molecule has 0 amide bonds. The second kappa shape index (κ2) is 9.50. The van der Waals surface area contributed by atoms with Gasteiger partial charge < -0.3 is 14.2 Å². The van der Waals surface area contributed by atoms with E-state index in [0.29, 0.717) is 13.2 Å². The lowest BCUT2D eigenvalue weighted by Gasteiger charge is -2.37. The standard InChI is InChI=1S/C24H45N3O2Si2/c1-23(2,3)30(7,8)28-16-18-11-13-21(26-18)20(15-25)22-14-12-19(27-22)17-29-31(9,10)24(4,5)6/h18-19,26H,11-14,16-17H2,1-10H3/b21-20-. The molecule has 1 N–H and O–H groups in total. The van der Waals surface area contributed by atoms with Crippen LogP contribution in [-0.4, -0.2) is 47.6 Å². The van der Waals surface area contributed by atoms with Gasteiger partial charge in [-0.2, -0.15) is 5.26 Å². The van der Waals surface area contributed by atoms with Crippen molar-refractivity contribution in [3.63, 3.8) is 0 Å². The summed E-state index contributed by atoms with van der Waals surface area (Å²) in [6.07, 6.45) is 3.75. The van der Waals surface area contributed by atoms with Crippen molar-refractivity contribution in [2.24, 2.45) is 4.99 Å². The van der Waals surface area contributed by atoms with Gasteiger partial charge in [0.25, 0.3) is 0 Å². The molecule has 2 unspecified atom stereocenters. The van der Waals surface area contributed by atoms with Crippen molar-refractivity contribution < 1.29 is 8.85 Å². The third-order valence-electron chi connectivity index (χ3n) is 7.77. The molecule has 5 nitrogen and oxygen atoms in total. The van der Waals surface area contributed by atoms with Gasteiger partial charge in [0.05, 0.1) is 30.5 Å².